The Bertz CT molecular complexity index is 171. The Hall–Kier alpha value is 0.170. The van der Waals surface area contributed by atoms with E-state index in [-0.39, 0.29) is 0 Å². The van der Waals surface area contributed by atoms with Crippen LogP contribution in [-0.4, -0.2) is 42.0 Å². The van der Waals surface area contributed by atoms with Crippen molar-refractivity contribution >= 4 is 11.6 Å². The normalized spacial score (nSPS) is 29.1. The molecule has 1 aliphatic rings. The molecule has 0 spiro atoms. The summed E-state index contributed by atoms with van der Waals surface area (Å²) in [6.07, 6.45) is 0. The summed E-state index contributed by atoms with van der Waals surface area (Å²) in [4.78, 5) is 2.13. The molecular formula is C10H20ClNO2. The molecule has 0 radical (unpaired) electrons. The number of halogens is 1. The van der Waals surface area contributed by atoms with Gasteiger partial charge in [-0.25, -0.2) is 0 Å². The first-order valence-corrected chi connectivity index (χ1v) is 5.54. The smallest absolute Gasteiger partial charge is 0.223 e. The van der Waals surface area contributed by atoms with Crippen LogP contribution < -0.4 is 0 Å². The van der Waals surface area contributed by atoms with Crippen molar-refractivity contribution in [2.24, 2.45) is 0 Å². The molecule has 1 fully saturated rings. The van der Waals surface area contributed by atoms with E-state index in [4.69, 9.17) is 21.1 Å². The maximum Gasteiger partial charge on any atom is 0.223 e. The van der Waals surface area contributed by atoms with Crippen molar-refractivity contribution in [2.75, 3.05) is 19.8 Å². The average Bonchev–Trinajstić information content (AvgIpc) is 2.02. The molecule has 1 rings (SSSR count). The number of hydrogen-bond donors (Lipinski definition) is 0. The molecule has 1 heterocycles. The highest BCUT2D eigenvalue weighted by molar-refractivity contribution is 6.22. The lowest BCUT2D eigenvalue weighted by atomic mass is 10.2. The summed E-state index contributed by atoms with van der Waals surface area (Å²) < 4.78 is 11.0. The largest absolute Gasteiger partial charge is 0.373 e. The second-order valence-electron chi connectivity index (χ2n) is 4.18. The van der Waals surface area contributed by atoms with Gasteiger partial charge in [0.15, 0.2) is 0 Å². The van der Waals surface area contributed by atoms with E-state index in [0.29, 0.717) is 31.9 Å². The van der Waals surface area contributed by atoms with Crippen molar-refractivity contribution in [2.45, 2.75) is 45.0 Å². The van der Waals surface area contributed by atoms with E-state index in [9.17, 15) is 0 Å². The highest BCUT2D eigenvalue weighted by Crippen LogP contribution is 2.29. The quantitative estimate of drug-likeness (QED) is 0.538. The molecule has 1 unspecified atom stereocenters. The second-order valence-corrected chi connectivity index (χ2v) is 4.78. The molecule has 0 amide bonds. The molecule has 0 aromatic heterocycles. The van der Waals surface area contributed by atoms with Gasteiger partial charge in [0.1, 0.15) is 6.61 Å². The zero-order valence-electron chi connectivity index (χ0n) is 9.42. The van der Waals surface area contributed by atoms with Crippen molar-refractivity contribution in [3.63, 3.8) is 0 Å². The van der Waals surface area contributed by atoms with Gasteiger partial charge >= 0.3 is 0 Å². The van der Waals surface area contributed by atoms with Crippen LogP contribution in [0.4, 0.5) is 0 Å². The summed E-state index contributed by atoms with van der Waals surface area (Å²) in [6.45, 7) is 10.1. The molecule has 14 heavy (non-hydrogen) atoms. The number of ether oxygens (including phenoxy) is 2. The number of rotatable bonds is 3. The molecule has 0 saturated carbocycles. The molecule has 0 bridgehead atoms. The SMILES string of the molecule is CC(C)N(C(C)C)C1(Cl)COCCO1. The maximum atomic E-state index is 6.41. The molecular weight excluding hydrogens is 202 g/mol. The molecule has 0 aliphatic carbocycles. The minimum atomic E-state index is -0.777. The summed E-state index contributed by atoms with van der Waals surface area (Å²) in [5, 5.41) is -0.777. The number of alkyl halides is 1. The van der Waals surface area contributed by atoms with Gasteiger partial charge in [0, 0.05) is 12.1 Å². The fraction of sp³-hybridized carbons (Fsp3) is 1.00. The van der Waals surface area contributed by atoms with E-state index in [2.05, 4.69) is 32.6 Å². The standard InChI is InChI=1S/C10H20ClNO2/c1-8(2)12(9(3)4)10(11)7-13-5-6-14-10/h8-9H,5-7H2,1-4H3. The predicted molar refractivity (Wildman–Crippen MR) is 57.5 cm³/mol. The lowest BCUT2D eigenvalue weighted by molar-refractivity contribution is -0.198. The molecule has 1 saturated heterocycles. The van der Waals surface area contributed by atoms with E-state index in [1.54, 1.807) is 0 Å². The topological polar surface area (TPSA) is 21.7 Å². The summed E-state index contributed by atoms with van der Waals surface area (Å²) in [5.41, 5.74) is 0. The molecule has 84 valence electrons. The van der Waals surface area contributed by atoms with E-state index in [0.717, 1.165) is 0 Å². The average molecular weight is 222 g/mol. The third-order valence-corrected chi connectivity index (χ3v) is 2.74. The van der Waals surface area contributed by atoms with Gasteiger partial charge in [-0.3, -0.25) is 4.90 Å². The summed E-state index contributed by atoms with van der Waals surface area (Å²) in [7, 11) is 0. The molecule has 0 aromatic rings. The lowest BCUT2D eigenvalue weighted by Gasteiger charge is -2.45. The van der Waals surface area contributed by atoms with Gasteiger partial charge < -0.3 is 9.47 Å². The van der Waals surface area contributed by atoms with Crippen LogP contribution in [0.1, 0.15) is 27.7 Å². The van der Waals surface area contributed by atoms with Crippen LogP contribution in [0.2, 0.25) is 0 Å². The summed E-state index contributed by atoms with van der Waals surface area (Å²) in [5.74, 6) is 0. The number of nitrogens with zero attached hydrogens (tertiary/aromatic N) is 1. The van der Waals surface area contributed by atoms with Gasteiger partial charge in [-0.05, 0) is 27.7 Å². The first-order chi connectivity index (χ1) is 6.47. The zero-order valence-corrected chi connectivity index (χ0v) is 10.2. The highest BCUT2D eigenvalue weighted by atomic mass is 35.5. The van der Waals surface area contributed by atoms with Crippen LogP contribution >= 0.6 is 11.6 Å². The highest BCUT2D eigenvalue weighted by Gasteiger charge is 2.41. The molecule has 1 aliphatic heterocycles. The van der Waals surface area contributed by atoms with Crippen LogP contribution in [0.5, 0.6) is 0 Å². The van der Waals surface area contributed by atoms with Gasteiger partial charge in [-0.15, -0.1) is 0 Å². The Morgan fingerprint density at radius 1 is 1.14 bits per heavy atom. The molecule has 0 N–H and O–H groups in total. The minimum absolute atomic E-state index is 0.342. The molecule has 0 aromatic carbocycles. The Labute approximate surface area is 91.3 Å². The van der Waals surface area contributed by atoms with Gasteiger partial charge in [0.05, 0.1) is 13.2 Å². The Morgan fingerprint density at radius 3 is 2.07 bits per heavy atom. The van der Waals surface area contributed by atoms with Crippen molar-refractivity contribution in [3.05, 3.63) is 0 Å². The van der Waals surface area contributed by atoms with Crippen molar-refractivity contribution in [1.82, 2.24) is 4.90 Å². The second kappa shape index (κ2) is 4.79. The number of hydrogen-bond acceptors (Lipinski definition) is 3. The van der Waals surface area contributed by atoms with Gasteiger partial charge in [-0.2, -0.15) is 0 Å². The van der Waals surface area contributed by atoms with E-state index in [1.807, 2.05) is 0 Å². The third kappa shape index (κ3) is 2.60. The van der Waals surface area contributed by atoms with E-state index < -0.39 is 5.18 Å². The van der Waals surface area contributed by atoms with Gasteiger partial charge in [0.2, 0.25) is 5.18 Å². The van der Waals surface area contributed by atoms with Gasteiger partial charge in [0.25, 0.3) is 0 Å². The fourth-order valence-electron chi connectivity index (χ4n) is 2.01. The Kier molecular flexibility index (Phi) is 4.19. The summed E-state index contributed by atoms with van der Waals surface area (Å²) >= 11 is 6.41. The van der Waals surface area contributed by atoms with Gasteiger partial charge in [-0.1, -0.05) is 11.6 Å². The van der Waals surface area contributed by atoms with Crippen molar-refractivity contribution < 1.29 is 9.47 Å². The van der Waals surface area contributed by atoms with Crippen LogP contribution in [0.15, 0.2) is 0 Å². The monoisotopic (exact) mass is 221 g/mol. The maximum absolute atomic E-state index is 6.41. The first kappa shape index (κ1) is 12.2. The van der Waals surface area contributed by atoms with Crippen molar-refractivity contribution in [3.8, 4) is 0 Å². The van der Waals surface area contributed by atoms with Crippen LogP contribution in [0.3, 0.4) is 0 Å². The van der Waals surface area contributed by atoms with Crippen LogP contribution in [-0.2, 0) is 9.47 Å². The van der Waals surface area contributed by atoms with Crippen LogP contribution in [0, 0.1) is 0 Å². The van der Waals surface area contributed by atoms with E-state index in [1.165, 1.54) is 0 Å². The van der Waals surface area contributed by atoms with Crippen molar-refractivity contribution in [1.29, 1.82) is 0 Å². The van der Waals surface area contributed by atoms with E-state index >= 15 is 0 Å². The molecule has 3 nitrogen and oxygen atoms in total. The molecule has 4 heteroatoms. The Morgan fingerprint density at radius 2 is 1.71 bits per heavy atom. The zero-order chi connectivity index (χ0) is 10.8. The predicted octanol–water partition coefficient (Wildman–Crippen LogP) is 2.04. The lowest BCUT2D eigenvalue weighted by Crippen LogP contribution is -2.58. The molecule has 1 atom stereocenters. The third-order valence-electron chi connectivity index (χ3n) is 2.33. The minimum Gasteiger partial charge on any atom is -0.373 e. The Balaban J connectivity index is 2.74. The summed E-state index contributed by atoms with van der Waals surface area (Å²) in [6, 6.07) is 0.684. The fourth-order valence-corrected chi connectivity index (χ4v) is 2.56. The first-order valence-electron chi connectivity index (χ1n) is 5.16. The van der Waals surface area contributed by atoms with Crippen LogP contribution in [0.25, 0.3) is 0 Å².